The molecule has 0 bridgehead atoms. The van der Waals surface area contributed by atoms with E-state index in [9.17, 15) is 0 Å². The minimum atomic E-state index is 0.387. The molecule has 5 nitrogen and oxygen atoms in total. The van der Waals surface area contributed by atoms with Crippen molar-refractivity contribution in [1.82, 2.24) is 15.0 Å². The van der Waals surface area contributed by atoms with Crippen molar-refractivity contribution < 1.29 is 0 Å². The van der Waals surface area contributed by atoms with Crippen LogP contribution in [0.3, 0.4) is 0 Å². The Bertz CT molecular complexity index is 724. The van der Waals surface area contributed by atoms with Crippen molar-refractivity contribution in [3.8, 4) is 0 Å². The first-order valence-electron chi connectivity index (χ1n) is 7.52. The molecule has 1 fully saturated rings. The zero-order chi connectivity index (χ0) is 14.8. The van der Waals surface area contributed by atoms with E-state index in [4.69, 9.17) is 0 Å². The number of nitrogens with zero attached hydrogens (tertiary/aromatic N) is 4. The van der Waals surface area contributed by atoms with Crippen molar-refractivity contribution in [1.29, 1.82) is 0 Å². The van der Waals surface area contributed by atoms with Gasteiger partial charge in [-0.15, -0.1) is 0 Å². The molecule has 0 spiro atoms. The van der Waals surface area contributed by atoms with E-state index >= 15 is 0 Å². The lowest BCUT2D eigenvalue weighted by atomic mass is 10.1. The van der Waals surface area contributed by atoms with Gasteiger partial charge in [0, 0.05) is 31.5 Å². The molecule has 1 aliphatic rings. The Morgan fingerprint density at radius 1 is 1.14 bits per heavy atom. The molecule has 2 aromatic heterocycles. The van der Waals surface area contributed by atoms with Crippen LogP contribution in [0.15, 0.2) is 42.7 Å². The number of rotatable bonds is 3. The van der Waals surface area contributed by atoms with Crippen LogP contribution in [0.25, 0.3) is 10.2 Å². The zero-order valence-corrected chi connectivity index (χ0v) is 13.0. The van der Waals surface area contributed by atoms with Gasteiger partial charge in [0.05, 0.1) is 10.2 Å². The minimum Gasteiger partial charge on any atom is -0.357 e. The zero-order valence-electron chi connectivity index (χ0n) is 12.1. The second-order valence-electron chi connectivity index (χ2n) is 5.47. The summed E-state index contributed by atoms with van der Waals surface area (Å²) in [6.45, 7) is 1.93. The predicted molar refractivity (Wildman–Crippen MR) is 90.5 cm³/mol. The summed E-state index contributed by atoms with van der Waals surface area (Å²) in [7, 11) is 0. The van der Waals surface area contributed by atoms with Gasteiger partial charge < -0.3 is 10.2 Å². The highest BCUT2D eigenvalue weighted by molar-refractivity contribution is 7.22. The number of fused-ring (bicyclic) bond motifs is 1. The highest BCUT2D eigenvalue weighted by Gasteiger charge is 2.22. The summed E-state index contributed by atoms with van der Waals surface area (Å²) < 4.78 is 1.23. The van der Waals surface area contributed by atoms with Crippen molar-refractivity contribution in [3.63, 3.8) is 0 Å². The average molecular weight is 311 g/mol. The maximum Gasteiger partial charge on any atom is 0.225 e. The molecule has 0 radical (unpaired) electrons. The number of hydrogen-bond donors (Lipinski definition) is 1. The van der Waals surface area contributed by atoms with Crippen molar-refractivity contribution in [2.24, 2.45) is 0 Å². The fraction of sp³-hybridized carbons (Fsp3) is 0.312. The number of para-hydroxylation sites is 1. The quantitative estimate of drug-likeness (QED) is 0.805. The number of hydrogen-bond acceptors (Lipinski definition) is 6. The molecule has 1 saturated heterocycles. The molecule has 0 unspecified atom stereocenters. The molecule has 4 rings (SSSR count). The minimum absolute atomic E-state index is 0.387. The monoisotopic (exact) mass is 311 g/mol. The summed E-state index contributed by atoms with van der Waals surface area (Å²) in [4.78, 5) is 15.6. The summed E-state index contributed by atoms with van der Waals surface area (Å²) in [5, 5.41) is 4.58. The van der Waals surface area contributed by atoms with Crippen LogP contribution in [-0.2, 0) is 0 Å². The maximum atomic E-state index is 4.66. The summed E-state index contributed by atoms with van der Waals surface area (Å²) in [5.74, 6) is 0.818. The van der Waals surface area contributed by atoms with E-state index in [2.05, 4.69) is 43.4 Å². The molecule has 6 heteroatoms. The summed E-state index contributed by atoms with van der Waals surface area (Å²) in [6, 6.07) is 10.5. The number of benzene rings is 1. The fourth-order valence-electron chi connectivity index (χ4n) is 2.84. The highest BCUT2D eigenvalue weighted by Crippen LogP contribution is 2.27. The number of thiazole rings is 1. The van der Waals surface area contributed by atoms with Crippen LogP contribution in [0.5, 0.6) is 0 Å². The number of anilines is 2. The van der Waals surface area contributed by atoms with E-state index in [1.807, 2.05) is 12.1 Å². The van der Waals surface area contributed by atoms with Gasteiger partial charge in [0.25, 0.3) is 0 Å². The lowest BCUT2D eigenvalue weighted by Gasteiger charge is -2.32. The van der Waals surface area contributed by atoms with Gasteiger partial charge in [-0.3, -0.25) is 0 Å². The Labute approximate surface area is 133 Å². The van der Waals surface area contributed by atoms with Gasteiger partial charge in [0.2, 0.25) is 5.95 Å². The van der Waals surface area contributed by atoms with Gasteiger partial charge in [-0.1, -0.05) is 23.5 Å². The van der Waals surface area contributed by atoms with E-state index in [1.165, 1.54) is 4.70 Å². The van der Waals surface area contributed by atoms with Crippen LogP contribution in [0.2, 0.25) is 0 Å². The Kier molecular flexibility index (Phi) is 3.60. The summed E-state index contributed by atoms with van der Waals surface area (Å²) >= 11 is 1.72. The Hall–Kier alpha value is -2.21. The lowest BCUT2D eigenvalue weighted by Crippen LogP contribution is -2.42. The van der Waals surface area contributed by atoms with Crippen LogP contribution < -0.4 is 10.2 Å². The van der Waals surface area contributed by atoms with Crippen molar-refractivity contribution >= 4 is 32.6 Å². The molecule has 22 heavy (non-hydrogen) atoms. The van der Waals surface area contributed by atoms with E-state index < -0.39 is 0 Å². The third-order valence-corrected chi connectivity index (χ3v) is 4.85. The van der Waals surface area contributed by atoms with Gasteiger partial charge in [0.1, 0.15) is 0 Å². The molecule has 1 aromatic carbocycles. The number of aromatic nitrogens is 3. The fourth-order valence-corrected chi connectivity index (χ4v) is 3.78. The SMILES string of the molecule is c1cnc(N2CCC[C@H](Nc3nc4ccccc4s3)C2)nc1. The molecule has 1 N–H and O–H groups in total. The van der Waals surface area contributed by atoms with Crippen molar-refractivity contribution in [3.05, 3.63) is 42.7 Å². The number of nitrogens with one attached hydrogen (secondary N) is 1. The second-order valence-corrected chi connectivity index (χ2v) is 6.50. The van der Waals surface area contributed by atoms with Crippen LogP contribution >= 0.6 is 11.3 Å². The normalized spacial score (nSPS) is 18.5. The highest BCUT2D eigenvalue weighted by atomic mass is 32.1. The molecule has 112 valence electrons. The van der Waals surface area contributed by atoms with Crippen molar-refractivity contribution in [2.75, 3.05) is 23.3 Å². The van der Waals surface area contributed by atoms with Crippen molar-refractivity contribution in [2.45, 2.75) is 18.9 Å². The maximum absolute atomic E-state index is 4.66. The lowest BCUT2D eigenvalue weighted by molar-refractivity contribution is 0.522. The Balaban J connectivity index is 1.48. The molecular weight excluding hydrogens is 294 g/mol. The second kappa shape index (κ2) is 5.88. The van der Waals surface area contributed by atoms with Crippen LogP contribution in [0, 0.1) is 0 Å². The third kappa shape index (κ3) is 2.74. The first-order valence-corrected chi connectivity index (χ1v) is 8.34. The number of piperidine rings is 1. The molecule has 3 heterocycles. The summed E-state index contributed by atoms with van der Waals surface area (Å²) in [6.07, 6.45) is 5.89. The molecule has 0 saturated carbocycles. The third-order valence-electron chi connectivity index (χ3n) is 3.88. The van der Waals surface area contributed by atoms with E-state index in [1.54, 1.807) is 23.7 Å². The Morgan fingerprint density at radius 3 is 2.86 bits per heavy atom. The van der Waals surface area contributed by atoms with E-state index in [0.29, 0.717) is 6.04 Å². The smallest absolute Gasteiger partial charge is 0.225 e. The average Bonchev–Trinajstić information content (AvgIpc) is 2.98. The van der Waals surface area contributed by atoms with Gasteiger partial charge in [-0.2, -0.15) is 0 Å². The van der Waals surface area contributed by atoms with Crippen LogP contribution in [-0.4, -0.2) is 34.1 Å². The summed E-state index contributed by atoms with van der Waals surface area (Å²) in [5.41, 5.74) is 1.06. The van der Waals surface area contributed by atoms with Gasteiger partial charge >= 0.3 is 0 Å². The molecule has 1 aliphatic heterocycles. The molecule has 0 amide bonds. The van der Waals surface area contributed by atoms with E-state index in [0.717, 1.165) is 42.5 Å². The standard InChI is InChI=1S/C16H17N5S/c1-2-7-14-13(6-1)20-16(22-14)19-12-5-3-10-21(11-12)15-17-8-4-9-18-15/h1-2,4,6-9,12H,3,5,10-11H2,(H,19,20)/t12-/m0/s1. The molecule has 0 aliphatic carbocycles. The largest absolute Gasteiger partial charge is 0.357 e. The van der Waals surface area contributed by atoms with Crippen LogP contribution in [0.4, 0.5) is 11.1 Å². The predicted octanol–water partition coefficient (Wildman–Crippen LogP) is 3.17. The van der Waals surface area contributed by atoms with Gasteiger partial charge in [0.15, 0.2) is 5.13 Å². The van der Waals surface area contributed by atoms with Gasteiger partial charge in [-0.25, -0.2) is 15.0 Å². The Morgan fingerprint density at radius 2 is 2.00 bits per heavy atom. The first-order chi connectivity index (χ1) is 10.9. The topological polar surface area (TPSA) is 53.9 Å². The molecular formula is C16H17N5S. The van der Waals surface area contributed by atoms with Gasteiger partial charge in [-0.05, 0) is 31.0 Å². The first kappa shape index (κ1) is 13.5. The molecule has 1 atom stereocenters. The van der Waals surface area contributed by atoms with E-state index in [-0.39, 0.29) is 0 Å². The van der Waals surface area contributed by atoms with Crippen LogP contribution in [0.1, 0.15) is 12.8 Å². The molecule has 3 aromatic rings.